The molecule has 8 heterocycles. The summed E-state index contributed by atoms with van der Waals surface area (Å²) in [5.41, 5.74) is 6.19. The Kier molecular flexibility index (Phi) is 15.6. The largest absolute Gasteiger partial charge is 0.376 e. The zero-order valence-corrected chi connectivity index (χ0v) is 39.8. The lowest BCUT2D eigenvalue weighted by molar-refractivity contribution is 0.0742. The Morgan fingerprint density at radius 1 is 0.406 bits per heavy atom. The third-order valence-corrected chi connectivity index (χ3v) is 13.1. The van der Waals surface area contributed by atoms with Crippen molar-refractivity contribution in [1.29, 1.82) is 0 Å². The smallest absolute Gasteiger partial charge is 0.112 e. The maximum Gasteiger partial charge on any atom is 0.112 e. The molecule has 13 unspecified atom stereocenters. The lowest BCUT2D eigenvalue weighted by atomic mass is 10.1. The van der Waals surface area contributed by atoms with Crippen LogP contribution in [0.4, 0.5) is 0 Å². The fourth-order valence-electron chi connectivity index (χ4n) is 8.26. The highest BCUT2D eigenvalue weighted by Crippen LogP contribution is 2.43. The predicted molar refractivity (Wildman–Crippen MR) is 257 cm³/mol. The van der Waals surface area contributed by atoms with Crippen LogP contribution in [-0.4, -0.2) is 120 Å². The molecule has 5 aromatic carbocycles. The molecule has 13 rings (SSSR count). The highest BCUT2D eigenvalue weighted by atomic mass is 16.7. The van der Waals surface area contributed by atoms with Crippen LogP contribution in [0, 0.1) is 0 Å². The van der Waals surface area contributed by atoms with Crippen LogP contribution in [0.5, 0.6) is 0 Å². The molecule has 0 radical (unpaired) electrons. The monoisotopic (exact) mass is 942 g/mol. The highest BCUT2D eigenvalue weighted by Gasteiger charge is 2.49. The van der Waals surface area contributed by atoms with Gasteiger partial charge in [-0.15, -0.1) is 0 Å². The van der Waals surface area contributed by atoms with Gasteiger partial charge in [0.05, 0.1) is 71.7 Å². The molecule has 8 fully saturated rings. The average molecular weight is 943 g/mol. The van der Waals surface area contributed by atoms with E-state index in [4.69, 9.17) is 56.8 Å². The molecular weight excluding hydrogens is 877 g/mol. The molecular formula is C57H66O12. The molecule has 0 N–H and O–H groups in total. The van der Waals surface area contributed by atoms with E-state index in [0.29, 0.717) is 59.0 Å². The molecule has 69 heavy (non-hydrogen) atoms. The van der Waals surface area contributed by atoms with Crippen molar-refractivity contribution < 1.29 is 56.8 Å². The Hall–Kier alpha value is -4.38. The maximum atomic E-state index is 5.73. The Labute approximate surface area is 406 Å². The quantitative estimate of drug-likeness (QED) is 0.0649. The van der Waals surface area contributed by atoms with Crippen LogP contribution in [0.15, 0.2) is 152 Å². The topological polar surface area (TPSA) is 137 Å². The van der Waals surface area contributed by atoms with Crippen LogP contribution >= 0.6 is 0 Å². The summed E-state index contributed by atoms with van der Waals surface area (Å²) in [6.07, 6.45) is 2.80. The van der Waals surface area contributed by atoms with Gasteiger partial charge in [0.15, 0.2) is 0 Å². The van der Waals surface area contributed by atoms with Gasteiger partial charge < -0.3 is 56.8 Å². The van der Waals surface area contributed by atoms with E-state index >= 15 is 0 Å². The SMILES string of the molecule is CC1(C)OC1COCC1OC1c1ccccc1.CC1(COCC2OC2c2ccccc2)CO1.c1ccc(C2OC2COCC2CO2)cc1.c1ccc(C2OC2COCC2OC2c2ccccc2)cc1. The summed E-state index contributed by atoms with van der Waals surface area (Å²) in [6, 6.07) is 51.4. The molecule has 13 atom stereocenters. The molecule has 8 aliphatic heterocycles. The molecule has 5 aromatic rings. The molecule has 12 nitrogen and oxygen atoms in total. The van der Waals surface area contributed by atoms with Gasteiger partial charge in [-0.2, -0.15) is 0 Å². The number of epoxide rings is 8. The van der Waals surface area contributed by atoms with Gasteiger partial charge in [0.1, 0.15) is 78.8 Å². The zero-order valence-electron chi connectivity index (χ0n) is 39.8. The van der Waals surface area contributed by atoms with Crippen LogP contribution in [0.25, 0.3) is 0 Å². The van der Waals surface area contributed by atoms with Crippen molar-refractivity contribution in [3.63, 3.8) is 0 Å². The fraction of sp³-hybridized carbons (Fsp3) is 0.474. The highest BCUT2D eigenvalue weighted by molar-refractivity contribution is 5.26. The van der Waals surface area contributed by atoms with Gasteiger partial charge in [0.2, 0.25) is 0 Å². The van der Waals surface area contributed by atoms with Gasteiger partial charge in [-0.1, -0.05) is 152 Å². The van der Waals surface area contributed by atoms with Crippen LogP contribution in [-0.2, 0) is 56.8 Å². The van der Waals surface area contributed by atoms with Crippen LogP contribution in [0.3, 0.4) is 0 Å². The van der Waals surface area contributed by atoms with E-state index in [1.54, 1.807) is 0 Å². The first-order valence-corrected chi connectivity index (χ1v) is 24.5. The van der Waals surface area contributed by atoms with E-state index in [9.17, 15) is 0 Å². The second-order valence-corrected chi connectivity index (χ2v) is 19.6. The third kappa shape index (κ3) is 14.8. The molecule has 8 aliphatic rings. The Morgan fingerprint density at radius 3 is 0.957 bits per heavy atom. The van der Waals surface area contributed by atoms with Crippen molar-refractivity contribution in [2.75, 3.05) is 66.1 Å². The Morgan fingerprint density at radius 2 is 0.681 bits per heavy atom. The predicted octanol–water partition coefficient (Wildman–Crippen LogP) is 9.08. The van der Waals surface area contributed by atoms with E-state index in [2.05, 4.69) is 81.4 Å². The van der Waals surface area contributed by atoms with Gasteiger partial charge in [0.25, 0.3) is 0 Å². The summed E-state index contributed by atoms with van der Waals surface area (Å²) >= 11 is 0. The van der Waals surface area contributed by atoms with Gasteiger partial charge in [-0.25, -0.2) is 0 Å². The zero-order chi connectivity index (χ0) is 47.0. The molecule has 0 saturated carbocycles. The van der Waals surface area contributed by atoms with Crippen LogP contribution in [0.1, 0.15) is 79.1 Å². The summed E-state index contributed by atoms with van der Waals surface area (Å²) in [4.78, 5) is 0. The number of rotatable bonds is 21. The normalized spacial score (nSPS) is 32.9. The molecule has 0 amide bonds. The van der Waals surface area contributed by atoms with E-state index in [1.165, 1.54) is 27.8 Å². The first-order chi connectivity index (χ1) is 33.8. The van der Waals surface area contributed by atoms with E-state index in [0.717, 1.165) is 13.2 Å². The number of ether oxygens (including phenoxy) is 12. The van der Waals surface area contributed by atoms with Gasteiger partial charge in [-0.3, -0.25) is 0 Å². The second-order valence-electron chi connectivity index (χ2n) is 19.6. The van der Waals surface area contributed by atoms with Crippen molar-refractivity contribution in [2.24, 2.45) is 0 Å². The second kappa shape index (κ2) is 22.4. The first-order valence-electron chi connectivity index (χ1n) is 24.5. The molecule has 0 spiro atoms. The minimum absolute atomic E-state index is 0.0167. The van der Waals surface area contributed by atoms with Crippen molar-refractivity contribution in [3.8, 4) is 0 Å². The van der Waals surface area contributed by atoms with E-state index in [1.807, 2.05) is 91.0 Å². The summed E-state index contributed by atoms with van der Waals surface area (Å²) < 4.78 is 66.2. The summed E-state index contributed by atoms with van der Waals surface area (Å²) in [6.45, 7) is 13.3. The summed E-state index contributed by atoms with van der Waals surface area (Å²) in [7, 11) is 0. The van der Waals surface area contributed by atoms with Gasteiger partial charge in [-0.05, 0) is 48.6 Å². The average Bonchev–Trinajstić information content (AvgIpc) is 4.17. The molecule has 0 bridgehead atoms. The first kappa shape index (κ1) is 48.3. The lowest BCUT2D eigenvalue weighted by Crippen LogP contribution is -2.16. The minimum Gasteiger partial charge on any atom is -0.376 e. The van der Waals surface area contributed by atoms with Crippen molar-refractivity contribution >= 4 is 0 Å². The maximum absolute atomic E-state index is 5.73. The molecule has 0 aliphatic carbocycles. The van der Waals surface area contributed by atoms with E-state index < -0.39 is 0 Å². The third-order valence-electron chi connectivity index (χ3n) is 13.1. The molecule has 366 valence electrons. The Balaban J connectivity index is 0.000000108. The molecule has 0 aromatic heterocycles. The molecule has 8 saturated heterocycles. The lowest BCUT2D eigenvalue weighted by Gasteiger charge is -2.04. The Bertz CT molecular complexity index is 2240. The molecule has 12 heteroatoms. The number of hydrogen-bond donors (Lipinski definition) is 0. The van der Waals surface area contributed by atoms with Crippen molar-refractivity contribution in [2.45, 2.75) is 105 Å². The van der Waals surface area contributed by atoms with Crippen LogP contribution < -0.4 is 0 Å². The minimum atomic E-state index is -0.0167. The van der Waals surface area contributed by atoms with E-state index in [-0.39, 0.29) is 78.3 Å². The number of hydrogen-bond acceptors (Lipinski definition) is 12. The number of benzene rings is 5. The standard InChI is InChI=1S/C18H18O3.C14H18O3.C13H16O3.C12H14O3/c1-3-7-13(8-4-1)17-15(20-17)11-19-12-16-18(21-16)14-9-5-2-6-10-14;1-14(2)12(17-14)9-15-8-11-13(16-11)10-6-4-3-5-7-10;1-13(9-15-13)8-14-7-11-12(16-11)10-5-3-2-4-6-10;1-2-4-9(5-3-1)12-11(15-12)8-13-6-10-7-14-10/h1-10,15-18H,11-12H2;3-7,11-13H,8-9H2,1-2H3;2-6,11-12H,7-9H2,1H3;1-5,10-12H,6-8H2. The fourth-order valence-corrected chi connectivity index (χ4v) is 8.26. The van der Waals surface area contributed by atoms with Crippen molar-refractivity contribution in [1.82, 2.24) is 0 Å². The summed E-state index contributed by atoms with van der Waals surface area (Å²) in [5.74, 6) is 0. The van der Waals surface area contributed by atoms with Crippen LogP contribution in [0.2, 0.25) is 0 Å². The van der Waals surface area contributed by atoms with Gasteiger partial charge in [0, 0.05) is 0 Å². The summed E-state index contributed by atoms with van der Waals surface area (Å²) in [5, 5.41) is 0. The van der Waals surface area contributed by atoms with Crippen molar-refractivity contribution in [3.05, 3.63) is 179 Å². The van der Waals surface area contributed by atoms with Gasteiger partial charge >= 0.3 is 0 Å².